The fourth-order valence-corrected chi connectivity index (χ4v) is 4.16. The Morgan fingerprint density at radius 1 is 1.04 bits per heavy atom. The fourth-order valence-electron chi connectivity index (χ4n) is 3.99. The van der Waals surface area contributed by atoms with Crippen LogP contribution in [0.3, 0.4) is 0 Å². The minimum Gasteiger partial charge on any atom is -0.320 e. The number of halogens is 4. The van der Waals surface area contributed by atoms with Crippen LogP contribution in [-0.2, 0) is 12.8 Å². The van der Waals surface area contributed by atoms with Crippen LogP contribution in [0.5, 0.6) is 0 Å². The molecule has 0 unspecified atom stereocenters. The number of nitrogens with zero attached hydrogens (tertiary/aromatic N) is 2. The summed E-state index contributed by atoms with van der Waals surface area (Å²) < 4.78 is 43.8. The number of hydrogen-bond donors (Lipinski definition) is 0. The van der Waals surface area contributed by atoms with E-state index in [2.05, 4.69) is 11.9 Å². The Balaban J connectivity index is 1.93. The third-order valence-electron chi connectivity index (χ3n) is 5.38. The number of allylic oxidation sites excluding steroid dienone is 1. The molecule has 4 rings (SSSR count). The van der Waals surface area contributed by atoms with E-state index >= 15 is 0 Å². The Morgan fingerprint density at radius 2 is 1.71 bits per heavy atom. The number of benzene rings is 2. The zero-order chi connectivity index (χ0) is 20.0. The van der Waals surface area contributed by atoms with Crippen molar-refractivity contribution in [3.05, 3.63) is 69.6 Å². The first-order valence-electron chi connectivity index (χ1n) is 9.18. The first kappa shape index (κ1) is 19.1. The second kappa shape index (κ2) is 7.30. The predicted octanol–water partition coefficient (Wildman–Crippen LogP) is 5.76. The summed E-state index contributed by atoms with van der Waals surface area (Å²) >= 11 is 6.23. The van der Waals surface area contributed by atoms with Gasteiger partial charge >= 0.3 is 0 Å². The van der Waals surface area contributed by atoms with Crippen molar-refractivity contribution in [3.63, 3.8) is 0 Å². The molecule has 1 aliphatic heterocycles. The van der Waals surface area contributed by atoms with E-state index in [1.54, 1.807) is 13.1 Å². The van der Waals surface area contributed by atoms with Crippen molar-refractivity contribution in [2.75, 3.05) is 20.1 Å². The minimum atomic E-state index is -0.926. The average Bonchev–Trinajstić information content (AvgIpc) is 2.75. The highest BCUT2D eigenvalue weighted by Crippen LogP contribution is 2.33. The number of aromatic nitrogens is 1. The van der Waals surface area contributed by atoms with E-state index in [9.17, 15) is 13.2 Å². The highest BCUT2D eigenvalue weighted by atomic mass is 35.5. The summed E-state index contributed by atoms with van der Waals surface area (Å²) in [5, 5.41) is 1.71. The first-order valence-corrected chi connectivity index (χ1v) is 9.56. The van der Waals surface area contributed by atoms with E-state index in [1.165, 1.54) is 5.56 Å². The van der Waals surface area contributed by atoms with E-state index in [0.29, 0.717) is 22.7 Å². The van der Waals surface area contributed by atoms with Crippen LogP contribution >= 0.6 is 11.6 Å². The van der Waals surface area contributed by atoms with Crippen LogP contribution in [0.15, 0.2) is 30.3 Å². The van der Waals surface area contributed by atoms with Crippen molar-refractivity contribution in [3.8, 4) is 0 Å². The largest absolute Gasteiger partial charge is 0.320 e. The van der Waals surface area contributed by atoms with Gasteiger partial charge in [-0.1, -0.05) is 11.6 Å². The van der Waals surface area contributed by atoms with Crippen LogP contribution < -0.4 is 0 Å². The summed E-state index contributed by atoms with van der Waals surface area (Å²) in [7, 11) is 2.08. The van der Waals surface area contributed by atoms with Crippen LogP contribution in [0.25, 0.3) is 22.7 Å². The van der Waals surface area contributed by atoms with Crippen LogP contribution in [0.4, 0.5) is 13.2 Å². The molecule has 3 aromatic rings. The minimum absolute atomic E-state index is 0.211. The lowest BCUT2D eigenvalue weighted by molar-refractivity contribution is 0.351. The van der Waals surface area contributed by atoms with E-state index in [1.807, 2.05) is 22.8 Å². The van der Waals surface area contributed by atoms with Crippen molar-refractivity contribution < 1.29 is 13.2 Å². The molecule has 2 heterocycles. The van der Waals surface area contributed by atoms with Gasteiger partial charge in [0.05, 0.1) is 11.1 Å². The lowest BCUT2D eigenvalue weighted by atomic mass is 10.1. The molecular weight excluding hydrogens is 385 g/mol. The van der Waals surface area contributed by atoms with Gasteiger partial charge in [0.15, 0.2) is 0 Å². The smallest absolute Gasteiger partial charge is 0.136 e. The lowest BCUT2D eigenvalue weighted by Gasteiger charge is -2.13. The van der Waals surface area contributed by atoms with Gasteiger partial charge in [-0.25, -0.2) is 13.2 Å². The van der Waals surface area contributed by atoms with Gasteiger partial charge in [0.1, 0.15) is 17.5 Å². The summed E-state index contributed by atoms with van der Waals surface area (Å²) in [5.74, 6) is -2.74. The number of rotatable bonds is 2. The topological polar surface area (TPSA) is 8.17 Å². The summed E-state index contributed by atoms with van der Waals surface area (Å²) in [6.45, 7) is 3.46. The molecule has 0 atom stereocenters. The highest BCUT2D eigenvalue weighted by molar-refractivity contribution is 6.31. The molecule has 146 valence electrons. The Bertz CT molecular complexity index is 1080. The summed E-state index contributed by atoms with van der Waals surface area (Å²) in [6.07, 6.45) is 3.43. The van der Waals surface area contributed by atoms with E-state index < -0.39 is 17.5 Å². The molecule has 28 heavy (non-hydrogen) atoms. The van der Waals surface area contributed by atoms with Gasteiger partial charge in [-0.3, -0.25) is 0 Å². The molecule has 0 aliphatic carbocycles. The Kier molecular flexibility index (Phi) is 4.98. The molecule has 0 N–H and O–H groups in total. The quantitative estimate of drug-likeness (QED) is 0.527. The van der Waals surface area contributed by atoms with Crippen molar-refractivity contribution in [1.82, 2.24) is 9.47 Å². The standard InChI is InChI=1S/C22H20ClF3N2/c1-13(22-18(25)10-15(24)11-19(22)26)12-28-20-4-3-14(23)9-17(20)16-5-7-27(2)8-6-21(16)28/h3-4,9-12H,5-8H2,1-2H3. The molecule has 2 aromatic carbocycles. The van der Waals surface area contributed by atoms with Gasteiger partial charge in [0.25, 0.3) is 0 Å². The van der Waals surface area contributed by atoms with Gasteiger partial charge in [0, 0.05) is 53.9 Å². The van der Waals surface area contributed by atoms with Crippen molar-refractivity contribution in [2.24, 2.45) is 0 Å². The van der Waals surface area contributed by atoms with Gasteiger partial charge in [-0.2, -0.15) is 0 Å². The molecule has 0 amide bonds. The normalized spacial score (nSPS) is 15.7. The number of hydrogen-bond acceptors (Lipinski definition) is 1. The number of fused-ring (bicyclic) bond motifs is 3. The van der Waals surface area contributed by atoms with E-state index in [-0.39, 0.29) is 5.56 Å². The third-order valence-corrected chi connectivity index (χ3v) is 5.62. The zero-order valence-electron chi connectivity index (χ0n) is 15.7. The van der Waals surface area contributed by atoms with Crippen LogP contribution in [0.1, 0.15) is 23.7 Å². The molecule has 1 aromatic heterocycles. The zero-order valence-corrected chi connectivity index (χ0v) is 16.5. The van der Waals surface area contributed by atoms with E-state index in [0.717, 1.165) is 42.5 Å². The van der Waals surface area contributed by atoms with Gasteiger partial charge < -0.3 is 9.47 Å². The maximum atomic E-state index is 14.3. The van der Waals surface area contributed by atoms with Gasteiger partial charge in [-0.15, -0.1) is 0 Å². The average molecular weight is 405 g/mol. The molecule has 0 radical (unpaired) electrons. The van der Waals surface area contributed by atoms with Crippen LogP contribution in [0.2, 0.25) is 5.02 Å². The second-order valence-electron chi connectivity index (χ2n) is 7.32. The molecule has 0 saturated carbocycles. The maximum absolute atomic E-state index is 14.3. The SMILES string of the molecule is CC(=Cn1c2c(c3cc(Cl)ccc31)CCN(C)CC2)c1c(F)cc(F)cc1F. The molecule has 0 fully saturated rings. The summed E-state index contributed by atoms with van der Waals surface area (Å²) in [4.78, 5) is 2.26. The van der Waals surface area contributed by atoms with Crippen molar-refractivity contribution in [2.45, 2.75) is 19.8 Å². The molecule has 0 spiro atoms. The molecule has 1 aliphatic rings. The van der Waals surface area contributed by atoms with Gasteiger partial charge in [0.2, 0.25) is 0 Å². The first-order chi connectivity index (χ1) is 13.3. The number of likely N-dealkylation sites (N-methyl/N-ethyl adjacent to an activating group) is 1. The third kappa shape index (κ3) is 3.33. The molecule has 0 bridgehead atoms. The summed E-state index contributed by atoms with van der Waals surface area (Å²) in [5.41, 5.74) is 3.45. The fraction of sp³-hybridized carbons (Fsp3) is 0.273. The summed E-state index contributed by atoms with van der Waals surface area (Å²) in [6, 6.07) is 7.10. The molecule has 0 saturated heterocycles. The maximum Gasteiger partial charge on any atom is 0.136 e. The monoisotopic (exact) mass is 404 g/mol. The van der Waals surface area contributed by atoms with Crippen molar-refractivity contribution >= 4 is 34.3 Å². The molecule has 2 nitrogen and oxygen atoms in total. The Labute approximate surface area is 166 Å². The Morgan fingerprint density at radius 3 is 2.43 bits per heavy atom. The molecule has 6 heteroatoms. The highest BCUT2D eigenvalue weighted by Gasteiger charge is 2.21. The van der Waals surface area contributed by atoms with E-state index in [4.69, 9.17) is 11.6 Å². The van der Waals surface area contributed by atoms with Crippen LogP contribution in [0, 0.1) is 17.5 Å². The lowest BCUT2D eigenvalue weighted by Crippen LogP contribution is -2.21. The van der Waals surface area contributed by atoms with Crippen LogP contribution in [-0.4, -0.2) is 29.6 Å². The predicted molar refractivity (Wildman–Crippen MR) is 108 cm³/mol. The van der Waals surface area contributed by atoms with Gasteiger partial charge in [-0.05, 0) is 49.7 Å². The van der Waals surface area contributed by atoms with Crippen molar-refractivity contribution in [1.29, 1.82) is 0 Å². The Hall–Kier alpha value is -2.24. The second-order valence-corrected chi connectivity index (χ2v) is 7.75. The molecular formula is C22H20ClF3N2.